The lowest BCUT2D eigenvalue weighted by atomic mass is 9.97. The predicted octanol–water partition coefficient (Wildman–Crippen LogP) is 3.18. The number of rotatable bonds is 8. The molecule has 0 radical (unpaired) electrons. The van der Waals surface area contributed by atoms with Crippen LogP contribution in [0, 0.1) is 5.92 Å². The van der Waals surface area contributed by atoms with Crippen molar-refractivity contribution in [3.8, 4) is 11.5 Å². The summed E-state index contributed by atoms with van der Waals surface area (Å²) in [7, 11) is 0. The van der Waals surface area contributed by atoms with Crippen molar-refractivity contribution < 1.29 is 14.3 Å². The van der Waals surface area contributed by atoms with Gasteiger partial charge in [0.2, 0.25) is 5.91 Å². The van der Waals surface area contributed by atoms with Crippen LogP contribution < -0.4 is 14.8 Å². The Labute approximate surface area is 176 Å². The topological polar surface area (TPSA) is 78.3 Å². The van der Waals surface area contributed by atoms with Crippen molar-refractivity contribution in [2.45, 2.75) is 32.4 Å². The van der Waals surface area contributed by atoms with Crippen LogP contribution in [0.4, 0.5) is 0 Å². The Bertz CT molecular complexity index is 960. The monoisotopic (exact) mass is 406 g/mol. The first kappa shape index (κ1) is 19.9. The lowest BCUT2D eigenvalue weighted by molar-refractivity contribution is -0.125. The van der Waals surface area contributed by atoms with Crippen LogP contribution in [0.2, 0.25) is 0 Å². The van der Waals surface area contributed by atoms with Crippen LogP contribution in [0.1, 0.15) is 30.5 Å². The largest absolute Gasteiger partial charge is 0.486 e. The minimum Gasteiger partial charge on any atom is -0.486 e. The number of aromatic nitrogens is 3. The molecule has 0 saturated heterocycles. The smallest absolute Gasteiger partial charge is 0.225 e. The number of nitrogens with zero attached hydrogens (tertiary/aromatic N) is 3. The van der Waals surface area contributed by atoms with Crippen LogP contribution in [0.15, 0.2) is 61.2 Å². The second-order valence-corrected chi connectivity index (χ2v) is 7.51. The SMILES string of the molecule is C[C@H](Cn1cncn1)C(=O)N[C@H](CCc1ccccc1)c1ccc2c(c1)OCCO2. The quantitative estimate of drug-likeness (QED) is 0.622. The normalized spacial score (nSPS) is 14.7. The van der Waals surface area contributed by atoms with Crippen molar-refractivity contribution in [2.24, 2.45) is 5.92 Å². The molecule has 2 aromatic carbocycles. The van der Waals surface area contributed by atoms with Crippen LogP contribution in [0.5, 0.6) is 11.5 Å². The minimum atomic E-state index is -0.233. The summed E-state index contributed by atoms with van der Waals surface area (Å²) in [5.74, 6) is 1.23. The number of aryl methyl sites for hydroxylation is 1. The number of fused-ring (bicyclic) bond motifs is 1. The molecule has 7 nitrogen and oxygen atoms in total. The van der Waals surface area contributed by atoms with E-state index in [2.05, 4.69) is 27.5 Å². The van der Waals surface area contributed by atoms with Gasteiger partial charge in [0.1, 0.15) is 25.9 Å². The second-order valence-electron chi connectivity index (χ2n) is 7.51. The molecule has 2 atom stereocenters. The van der Waals surface area contributed by atoms with Crippen molar-refractivity contribution >= 4 is 5.91 Å². The number of hydrogen-bond donors (Lipinski definition) is 1. The molecular formula is C23H26N4O3. The molecule has 1 aliphatic rings. The van der Waals surface area contributed by atoms with Gasteiger partial charge >= 0.3 is 0 Å². The van der Waals surface area contributed by atoms with E-state index in [0.717, 1.165) is 29.9 Å². The summed E-state index contributed by atoms with van der Waals surface area (Å²) < 4.78 is 13.1. The van der Waals surface area contributed by atoms with Gasteiger partial charge in [0.05, 0.1) is 18.5 Å². The first-order chi connectivity index (χ1) is 14.7. The molecule has 1 N–H and O–H groups in total. The molecule has 4 rings (SSSR count). The van der Waals surface area contributed by atoms with E-state index >= 15 is 0 Å². The second kappa shape index (κ2) is 9.43. The van der Waals surface area contributed by atoms with Crippen molar-refractivity contribution in [1.82, 2.24) is 20.1 Å². The number of amides is 1. The summed E-state index contributed by atoms with van der Waals surface area (Å²) in [5, 5.41) is 7.32. The Morgan fingerprint density at radius 1 is 1.13 bits per heavy atom. The molecule has 0 unspecified atom stereocenters. The summed E-state index contributed by atoms with van der Waals surface area (Å²) in [6.45, 7) is 3.47. The van der Waals surface area contributed by atoms with Gasteiger partial charge in [0.15, 0.2) is 11.5 Å². The molecule has 0 aliphatic carbocycles. The summed E-state index contributed by atoms with van der Waals surface area (Å²) in [6, 6.07) is 16.1. The number of hydrogen-bond acceptors (Lipinski definition) is 5. The van der Waals surface area contributed by atoms with Crippen molar-refractivity contribution in [3.05, 3.63) is 72.3 Å². The van der Waals surface area contributed by atoms with E-state index in [4.69, 9.17) is 9.47 Å². The van der Waals surface area contributed by atoms with Crippen molar-refractivity contribution in [1.29, 1.82) is 0 Å². The number of nitrogens with one attached hydrogen (secondary N) is 1. The lowest BCUT2D eigenvalue weighted by Gasteiger charge is -2.24. The molecular weight excluding hydrogens is 380 g/mol. The lowest BCUT2D eigenvalue weighted by Crippen LogP contribution is -2.35. The van der Waals surface area contributed by atoms with Crippen LogP contribution in [-0.2, 0) is 17.8 Å². The standard InChI is InChI=1S/C23H26N4O3/c1-17(14-27-16-24-15-25-27)23(28)26-20(9-7-18-5-3-2-4-6-18)19-8-10-21-22(13-19)30-12-11-29-21/h2-6,8,10,13,15-17,20H,7,9,11-12,14H2,1H3,(H,26,28)/t17-,20-/m1/s1. The van der Waals surface area contributed by atoms with Crippen molar-refractivity contribution in [2.75, 3.05) is 13.2 Å². The van der Waals surface area contributed by atoms with Gasteiger partial charge in [-0.2, -0.15) is 5.10 Å². The molecule has 0 fully saturated rings. The van der Waals surface area contributed by atoms with Gasteiger partial charge in [-0.1, -0.05) is 43.3 Å². The summed E-state index contributed by atoms with van der Waals surface area (Å²) in [5.41, 5.74) is 2.25. The highest BCUT2D eigenvalue weighted by Gasteiger charge is 2.22. The average Bonchev–Trinajstić information content (AvgIpc) is 3.30. The molecule has 0 saturated carbocycles. The van der Waals surface area contributed by atoms with Crippen LogP contribution in [0.25, 0.3) is 0 Å². The number of carbonyl (C=O) groups excluding carboxylic acids is 1. The number of carbonyl (C=O) groups is 1. The fourth-order valence-corrected chi connectivity index (χ4v) is 3.56. The van der Waals surface area contributed by atoms with E-state index in [0.29, 0.717) is 19.8 Å². The van der Waals surface area contributed by atoms with E-state index in [9.17, 15) is 4.79 Å². The highest BCUT2D eigenvalue weighted by Crippen LogP contribution is 2.33. The summed E-state index contributed by atoms with van der Waals surface area (Å²) in [4.78, 5) is 16.9. The van der Waals surface area contributed by atoms with E-state index in [1.165, 1.54) is 11.9 Å². The third-order valence-electron chi connectivity index (χ3n) is 5.22. The molecule has 30 heavy (non-hydrogen) atoms. The molecule has 156 valence electrons. The summed E-state index contributed by atoms with van der Waals surface area (Å²) in [6.07, 6.45) is 4.74. The van der Waals surface area contributed by atoms with Crippen LogP contribution in [0.3, 0.4) is 0 Å². The Hall–Kier alpha value is -3.35. The molecule has 2 heterocycles. The number of benzene rings is 2. The highest BCUT2D eigenvalue weighted by molar-refractivity contribution is 5.78. The zero-order valence-corrected chi connectivity index (χ0v) is 17.0. The maximum atomic E-state index is 12.9. The zero-order chi connectivity index (χ0) is 20.8. The Kier molecular flexibility index (Phi) is 6.27. The van der Waals surface area contributed by atoms with Gasteiger partial charge in [0, 0.05) is 0 Å². The minimum absolute atomic E-state index is 0.0153. The molecule has 1 aromatic heterocycles. The Morgan fingerprint density at radius 2 is 1.93 bits per heavy atom. The molecule has 3 aromatic rings. The fourth-order valence-electron chi connectivity index (χ4n) is 3.56. The average molecular weight is 406 g/mol. The van der Waals surface area contributed by atoms with Gasteiger partial charge in [-0.05, 0) is 36.1 Å². The molecule has 1 aliphatic heterocycles. The first-order valence-corrected chi connectivity index (χ1v) is 10.3. The summed E-state index contributed by atoms with van der Waals surface area (Å²) >= 11 is 0. The van der Waals surface area contributed by atoms with Gasteiger partial charge in [-0.15, -0.1) is 0 Å². The number of ether oxygens (including phenoxy) is 2. The van der Waals surface area contributed by atoms with E-state index in [1.807, 2.05) is 43.3 Å². The van der Waals surface area contributed by atoms with Gasteiger partial charge in [0.25, 0.3) is 0 Å². The third kappa shape index (κ3) is 4.97. The third-order valence-corrected chi connectivity index (χ3v) is 5.22. The van der Waals surface area contributed by atoms with E-state index in [1.54, 1.807) is 11.0 Å². The fraction of sp³-hybridized carbons (Fsp3) is 0.348. The van der Waals surface area contributed by atoms with E-state index in [-0.39, 0.29) is 17.9 Å². The van der Waals surface area contributed by atoms with Gasteiger partial charge in [-0.3, -0.25) is 9.48 Å². The predicted molar refractivity (Wildman–Crippen MR) is 112 cm³/mol. The zero-order valence-electron chi connectivity index (χ0n) is 17.0. The molecule has 0 spiro atoms. The van der Waals surface area contributed by atoms with Crippen molar-refractivity contribution in [3.63, 3.8) is 0 Å². The highest BCUT2D eigenvalue weighted by atomic mass is 16.6. The maximum absolute atomic E-state index is 12.9. The van der Waals surface area contributed by atoms with E-state index < -0.39 is 0 Å². The Balaban J connectivity index is 1.49. The molecule has 0 bridgehead atoms. The maximum Gasteiger partial charge on any atom is 0.225 e. The van der Waals surface area contributed by atoms with Crippen LogP contribution in [-0.4, -0.2) is 33.9 Å². The molecule has 1 amide bonds. The van der Waals surface area contributed by atoms with Gasteiger partial charge < -0.3 is 14.8 Å². The van der Waals surface area contributed by atoms with Crippen LogP contribution >= 0.6 is 0 Å². The molecule has 7 heteroatoms. The van der Waals surface area contributed by atoms with Gasteiger partial charge in [-0.25, -0.2) is 4.98 Å². The Morgan fingerprint density at radius 3 is 2.70 bits per heavy atom. The first-order valence-electron chi connectivity index (χ1n) is 10.3.